The van der Waals surface area contributed by atoms with Crippen LogP contribution in [0.4, 0.5) is 0 Å². The van der Waals surface area contributed by atoms with Gasteiger partial charge in [-0.25, -0.2) is 0 Å². The van der Waals surface area contributed by atoms with Gasteiger partial charge < -0.3 is 24.8 Å². The Hall–Kier alpha value is -0.460. The van der Waals surface area contributed by atoms with Gasteiger partial charge >= 0.3 is 0 Å². The Labute approximate surface area is 177 Å². The van der Waals surface area contributed by atoms with E-state index in [2.05, 4.69) is 34.3 Å². The molecule has 0 spiro atoms. The number of hydrogen-bond donors (Lipinski definition) is 3. The molecule has 3 unspecified atom stereocenters. The van der Waals surface area contributed by atoms with Crippen LogP contribution >= 0.6 is 0 Å². The summed E-state index contributed by atoms with van der Waals surface area (Å²) >= 11 is 0. The first kappa shape index (κ1) is 24.8. The second-order valence-electron chi connectivity index (χ2n) is 10.8. The standard InChI is InChI=1S/C24H44O5/c1-7-22(4,27)13-9-20-23(5)12-8-11-21(2,3)19(23)10-14-24(20,6)29-17-28-18(15-25)16-26/h7,18-20,25-27H,1,8-17H2,2-6H3/t19?,20-,22?,23+,24?/m1/s1. The summed E-state index contributed by atoms with van der Waals surface area (Å²) in [6.07, 6.45) is 8.27. The van der Waals surface area contributed by atoms with E-state index in [0.29, 0.717) is 17.8 Å². The highest BCUT2D eigenvalue weighted by atomic mass is 16.7. The van der Waals surface area contributed by atoms with E-state index in [4.69, 9.17) is 9.47 Å². The van der Waals surface area contributed by atoms with Crippen LogP contribution in [0.5, 0.6) is 0 Å². The zero-order valence-corrected chi connectivity index (χ0v) is 19.2. The van der Waals surface area contributed by atoms with Gasteiger partial charge in [-0.3, -0.25) is 0 Å². The smallest absolute Gasteiger partial charge is 0.148 e. The van der Waals surface area contributed by atoms with Crippen LogP contribution in [0.1, 0.15) is 79.6 Å². The third-order valence-corrected chi connectivity index (χ3v) is 8.22. The lowest BCUT2D eigenvalue weighted by Crippen LogP contribution is -2.58. The number of fused-ring (bicyclic) bond motifs is 1. The van der Waals surface area contributed by atoms with Gasteiger partial charge in [0.05, 0.1) is 24.4 Å². The van der Waals surface area contributed by atoms with Crippen LogP contribution < -0.4 is 0 Å². The van der Waals surface area contributed by atoms with E-state index in [-0.39, 0.29) is 36.9 Å². The Morgan fingerprint density at radius 1 is 1.14 bits per heavy atom. The van der Waals surface area contributed by atoms with Crippen molar-refractivity contribution >= 4 is 0 Å². The molecule has 0 radical (unpaired) electrons. The summed E-state index contributed by atoms with van der Waals surface area (Å²) in [6.45, 7) is 14.6. The monoisotopic (exact) mass is 412 g/mol. The molecule has 2 saturated carbocycles. The van der Waals surface area contributed by atoms with E-state index in [1.807, 2.05) is 6.92 Å². The summed E-state index contributed by atoms with van der Waals surface area (Å²) < 4.78 is 11.9. The molecule has 170 valence electrons. The Morgan fingerprint density at radius 2 is 1.79 bits per heavy atom. The molecule has 5 heteroatoms. The average Bonchev–Trinajstić information content (AvgIpc) is 2.64. The summed E-state index contributed by atoms with van der Waals surface area (Å²) in [5.74, 6) is 0.910. The average molecular weight is 413 g/mol. The van der Waals surface area contributed by atoms with Crippen molar-refractivity contribution in [3.63, 3.8) is 0 Å². The predicted octanol–water partition coefficient (Wildman–Crippen LogP) is 4.05. The summed E-state index contributed by atoms with van der Waals surface area (Å²) in [6, 6.07) is 0. The van der Waals surface area contributed by atoms with Crippen LogP contribution in [0.25, 0.3) is 0 Å². The van der Waals surface area contributed by atoms with Gasteiger partial charge in [0, 0.05) is 0 Å². The van der Waals surface area contributed by atoms with Crippen molar-refractivity contribution in [2.24, 2.45) is 22.7 Å². The lowest BCUT2D eigenvalue weighted by molar-refractivity contribution is -0.238. The fraction of sp³-hybridized carbons (Fsp3) is 0.917. The number of aliphatic hydroxyl groups excluding tert-OH is 2. The minimum absolute atomic E-state index is 0.0563. The molecular weight excluding hydrogens is 368 g/mol. The second-order valence-corrected chi connectivity index (χ2v) is 10.8. The number of hydrogen-bond acceptors (Lipinski definition) is 5. The summed E-state index contributed by atoms with van der Waals surface area (Å²) in [5, 5.41) is 29.1. The van der Waals surface area contributed by atoms with E-state index >= 15 is 0 Å². The second kappa shape index (κ2) is 9.35. The lowest BCUT2D eigenvalue weighted by Gasteiger charge is -2.62. The van der Waals surface area contributed by atoms with Gasteiger partial charge in [0.15, 0.2) is 0 Å². The van der Waals surface area contributed by atoms with Gasteiger partial charge in [0.25, 0.3) is 0 Å². The summed E-state index contributed by atoms with van der Waals surface area (Å²) in [4.78, 5) is 0. The molecule has 2 aliphatic rings. The molecule has 5 atom stereocenters. The quantitative estimate of drug-likeness (QED) is 0.373. The first-order valence-corrected chi connectivity index (χ1v) is 11.3. The normalized spacial score (nSPS) is 36.4. The molecule has 5 nitrogen and oxygen atoms in total. The van der Waals surface area contributed by atoms with Gasteiger partial charge in [-0.15, -0.1) is 6.58 Å². The SMILES string of the molecule is C=CC(C)(O)CC[C@H]1C(C)(OCOC(CO)CO)CCC2C(C)(C)CCC[C@@]21C. The molecular formula is C24H44O5. The van der Waals surface area contributed by atoms with Gasteiger partial charge in [0.1, 0.15) is 12.9 Å². The molecule has 2 aliphatic carbocycles. The van der Waals surface area contributed by atoms with Crippen molar-refractivity contribution in [1.29, 1.82) is 0 Å². The van der Waals surface area contributed by atoms with E-state index in [1.54, 1.807) is 6.08 Å². The molecule has 0 aliphatic heterocycles. The molecule has 2 fully saturated rings. The molecule has 2 rings (SSSR count). The molecule has 0 aromatic carbocycles. The van der Waals surface area contributed by atoms with Crippen LogP contribution in [-0.4, -0.2) is 52.6 Å². The first-order valence-electron chi connectivity index (χ1n) is 11.3. The van der Waals surface area contributed by atoms with Crippen LogP contribution in [0.2, 0.25) is 0 Å². The lowest BCUT2D eigenvalue weighted by atomic mass is 9.45. The van der Waals surface area contributed by atoms with Gasteiger partial charge in [-0.1, -0.05) is 33.3 Å². The number of rotatable bonds is 10. The molecule has 0 bridgehead atoms. The van der Waals surface area contributed by atoms with Gasteiger partial charge in [-0.05, 0) is 75.0 Å². The Kier molecular flexibility index (Phi) is 8.00. The van der Waals surface area contributed by atoms with Crippen LogP contribution in [0, 0.1) is 22.7 Å². The van der Waals surface area contributed by atoms with E-state index in [1.165, 1.54) is 19.3 Å². The van der Waals surface area contributed by atoms with Crippen molar-refractivity contribution < 1.29 is 24.8 Å². The zero-order chi connectivity index (χ0) is 21.9. The van der Waals surface area contributed by atoms with Crippen molar-refractivity contribution in [3.05, 3.63) is 12.7 Å². The van der Waals surface area contributed by atoms with E-state index in [9.17, 15) is 15.3 Å². The van der Waals surface area contributed by atoms with Crippen molar-refractivity contribution in [2.75, 3.05) is 20.0 Å². The molecule has 0 aromatic heterocycles. The summed E-state index contributed by atoms with van der Waals surface area (Å²) in [7, 11) is 0. The Balaban J connectivity index is 2.25. The highest BCUT2D eigenvalue weighted by Gasteiger charge is 2.58. The molecule has 0 heterocycles. The highest BCUT2D eigenvalue weighted by molar-refractivity contribution is 5.08. The van der Waals surface area contributed by atoms with Crippen molar-refractivity contribution in [1.82, 2.24) is 0 Å². The fourth-order valence-electron chi connectivity index (χ4n) is 6.38. The Bertz CT molecular complexity index is 541. The number of ether oxygens (including phenoxy) is 2. The van der Waals surface area contributed by atoms with Crippen molar-refractivity contribution in [3.8, 4) is 0 Å². The first-order chi connectivity index (χ1) is 13.4. The van der Waals surface area contributed by atoms with Crippen molar-refractivity contribution in [2.45, 2.75) is 96.9 Å². The molecule has 3 N–H and O–H groups in total. The van der Waals surface area contributed by atoms with Crippen LogP contribution in [0.3, 0.4) is 0 Å². The zero-order valence-electron chi connectivity index (χ0n) is 19.2. The minimum atomic E-state index is -0.885. The topological polar surface area (TPSA) is 79.2 Å². The third kappa shape index (κ3) is 5.43. The molecule has 0 saturated heterocycles. The van der Waals surface area contributed by atoms with E-state index < -0.39 is 11.7 Å². The third-order valence-electron chi connectivity index (χ3n) is 8.22. The van der Waals surface area contributed by atoms with E-state index in [0.717, 1.165) is 19.3 Å². The van der Waals surface area contributed by atoms with Gasteiger partial charge in [-0.2, -0.15) is 0 Å². The number of aliphatic hydroxyl groups is 3. The fourth-order valence-corrected chi connectivity index (χ4v) is 6.38. The van der Waals surface area contributed by atoms with Crippen LogP contribution in [-0.2, 0) is 9.47 Å². The highest BCUT2D eigenvalue weighted by Crippen LogP contribution is 2.63. The molecule has 29 heavy (non-hydrogen) atoms. The minimum Gasteiger partial charge on any atom is -0.394 e. The predicted molar refractivity (Wildman–Crippen MR) is 115 cm³/mol. The molecule has 0 amide bonds. The Morgan fingerprint density at radius 3 is 2.38 bits per heavy atom. The maximum Gasteiger partial charge on any atom is 0.148 e. The maximum absolute atomic E-state index is 10.6. The van der Waals surface area contributed by atoms with Crippen LogP contribution in [0.15, 0.2) is 12.7 Å². The maximum atomic E-state index is 10.6. The summed E-state index contributed by atoms with van der Waals surface area (Å²) in [5.41, 5.74) is -0.808. The molecule has 0 aromatic rings. The largest absolute Gasteiger partial charge is 0.394 e. The van der Waals surface area contributed by atoms with Gasteiger partial charge in [0.2, 0.25) is 0 Å².